The number of hydrogen-bond donors (Lipinski definition) is 1. The summed E-state index contributed by atoms with van der Waals surface area (Å²) in [5, 5.41) is 12.1. The summed E-state index contributed by atoms with van der Waals surface area (Å²) < 4.78 is 0. The summed E-state index contributed by atoms with van der Waals surface area (Å²) in [6.07, 6.45) is 1.70. The normalized spacial score (nSPS) is 15.5. The highest BCUT2D eigenvalue weighted by atomic mass is 15.3. The zero-order valence-electron chi connectivity index (χ0n) is 8.77. The molecule has 0 aromatic carbocycles. The number of nitrogens with one attached hydrogen (secondary N) is 1. The van der Waals surface area contributed by atoms with Crippen molar-refractivity contribution in [1.29, 1.82) is 5.26 Å². The van der Waals surface area contributed by atoms with Gasteiger partial charge in [-0.1, -0.05) is 0 Å². The molecule has 0 amide bonds. The zero-order valence-corrected chi connectivity index (χ0v) is 8.77. The quantitative estimate of drug-likeness (QED) is 0.786. The second kappa shape index (κ2) is 4.28. The van der Waals surface area contributed by atoms with Gasteiger partial charge in [-0.25, -0.2) is 4.98 Å². The third kappa shape index (κ3) is 1.92. The van der Waals surface area contributed by atoms with Crippen LogP contribution in [0.4, 0.5) is 5.82 Å². The maximum absolute atomic E-state index is 8.82. The summed E-state index contributed by atoms with van der Waals surface area (Å²) in [5.41, 5.74) is 0.672. The van der Waals surface area contributed by atoms with Gasteiger partial charge >= 0.3 is 0 Å². The fraction of sp³-hybridized carbons (Fsp3) is 0.455. The van der Waals surface area contributed by atoms with Crippen molar-refractivity contribution in [3.63, 3.8) is 0 Å². The van der Waals surface area contributed by atoms with E-state index in [0.29, 0.717) is 11.6 Å². The van der Waals surface area contributed by atoms with Crippen LogP contribution in [0.5, 0.6) is 0 Å². The molecule has 0 spiro atoms. The molecule has 0 bridgehead atoms. The Hall–Kier alpha value is -1.60. The fourth-order valence-electron chi connectivity index (χ4n) is 1.75. The minimum atomic E-state index is 0.524. The molecule has 78 valence electrons. The lowest BCUT2D eigenvalue weighted by Crippen LogP contribution is -2.57. The molecule has 1 fully saturated rings. The van der Waals surface area contributed by atoms with Crippen LogP contribution in [0.2, 0.25) is 0 Å². The van der Waals surface area contributed by atoms with Crippen molar-refractivity contribution in [3.05, 3.63) is 23.9 Å². The van der Waals surface area contributed by atoms with Crippen LogP contribution in [0.1, 0.15) is 12.5 Å². The Morgan fingerprint density at radius 2 is 2.47 bits per heavy atom. The van der Waals surface area contributed by atoms with Gasteiger partial charge in [0.2, 0.25) is 0 Å². The topological polar surface area (TPSA) is 52.0 Å². The van der Waals surface area contributed by atoms with E-state index in [0.717, 1.165) is 25.5 Å². The van der Waals surface area contributed by atoms with E-state index in [2.05, 4.69) is 28.2 Å². The van der Waals surface area contributed by atoms with Gasteiger partial charge in [0.1, 0.15) is 5.82 Å². The number of aromatic nitrogens is 1. The average molecular weight is 202 g/mol. The molecule has 2 heterocycles. The number of anilines is 1. The first-order chi connectivity index (χ1) is 7.35. The van der Waals surface area contributed by atoms with E-state index in [1.54, 1.807) is 12.3 Å². The second-order valence-corrected chi connectivity index (χ2v) is 3.61. The van der Waals surface area contributed by atoms with Crippen LogP contribution < -0.4 is 10.2 Å². The number of rotatable bonds is 3. The number of pyridine rings is 1. The highest BCUT2D eigenvalue weighted by molar-refractivity contribution is 5.46. The molecular formula is C11H14N4. The Morgan fingerprint density at radius 1 is 1.67 bits per heavy atom. The Kier molecular flexibility index (Phi) is 2.84. The van der Waals surface area contributed by atoms with Crippen LogP contribution in [0.3, 0.4) is 0 Å². The van der Waals surface area contributed by atoms with Gasteiger partial charge < -0.3 is 10.2 Å². The first-order valence-electron chi connectivity index (χ1n) is 5.18. The number of likely N-dealkylation sites (N-methyl/N-ethyl adjacent to an activating group) is 1. The summed E-state index contributed by atoms with van der Waals surface area (Å²) in [4.78, 5) is 6.54. The molecule has 4 heteroatoms. The van der Waals surface area contributed by atoms with E-state index in [1.165, 1.54) is 0 Å². The van der Waals surface area contributed by atoms with Crippen LogP contribution in [0.25, 0.3) is 0 Å². The van der Waals surface area contributed by atoms with Crippen LogP contribution in [0.15, 0.2) is 18.3 Å². The van der Waals surface area contributed by atoms with Gasteiger partial charge in [0.05, 0.1) is 17.7 Å². The van der Waals surface area contributed by atoms with Crippen molar-refractivity contribution in [2.45, 2.75) is 13.0 Å². The van der Waals surface area contributed by atoms with Crippen molar-refractivity contribution in [1.82, 2.24) is 10.3 Å². The van der Waals surface area contributed by atoms with Gasteiger partial charge in [0.25, 0.3) is 0 Å². The number of nitriles is 1. The monoisotopic (exact) mass is 202 g/mol. The molecule has 0 aliphatic carbocycles. The van der Waals surface area contributed by atoms with Crippen LogP contribution in [-0.2, 0) is 0 Å². The van der Waals surface area contributed by atoms with E-state index < -0.39 is 0 Å². The number of hydrogen-bond acceptors (Lipinski definition) is 4. The first kappa shape index (κ1) is 9.94. The molecule has 0 unspecified atom stereocenters. The van der Waals surface area contributed by atoms with Crippen molar-refractivity contribution in [2.75, 3.05) is 24.5 Å². The molecule has 0 saturated carbocycles. The maximum atomic E-state index is 8.82. The van der Waals surface area contributed by atoms with Gasteiger partial charge in [0, 0.05) is 25.8 Å². The molecule has 1 aromatic heterocycles. The maximum Gasteiger partial charge on any atom is 0.130 e. The lowest BCUT2D eigenvalue weighted by atomic mass is 10.1. The van der Waals surface area contributed by atoms with E-state index in [-0.39, 0.29) is 0 Å². The van der Waals surface area contributed by atoms with Gasteiger partial charge in [-0.05, 0) is 19.1 Å². The standard InChI is InChI=1S/C11H14N4/c1-2-15(10-7-13-8-10)11-5-9(6-12)3-4-14-11/h3-5,10,13H,2,7-8H2,1H3. The van der Waals surface area contributed by atoms with Crippen LogP contribution >= 0.6 is 0 Å². The largest absolute Gasteiger partial charge is 0.351 e. The Labute approximate surface area is 89.5 Å². The van der Waals surface area contributed by atoms with Crippen molar-refractivity contribution < 1.29 is 0 Å². The minimum absolute atomic E-state index is 0.524. The summed E-state index contributed by atoms with van der Waals surface area (Å²) in [5.74, 6) is 0.906. The summed E-state index contributed by atoms with van der Waals surface area (Å²) in [6.45, 7) is 5.05. The molecule has 0 atom stereocenters. The summed E-state index contributed by atoms with van der Waals surface area (Å²) in [7, 11) is 0. The highest BCUT2D eigenvalue weighted by Gasteiger charge is 2.24. The molecule has 1 aromatic rings. The minimum Gasteiger partial charge on any atom is -0.351 e. The van der Waals surface area contributed by atoms with Gasteiger partial charge in [-0.15, -0.1) is 0 Å². The summed E-state index contributed by atoms with van der Waals surface area (Å²) >= 11 is 0. The molecule has 15 heavy (non-hydrogen) atoms. The molecule has 0 radical (unpaired) electrons. The van der Waals surface area contributed by atoms with Crippen molar-refractivity contribution >= 4 is 5.82 Å². The van der Waals surface area contributed by atoms with Crippen molar-refractivity contribution in [2.24, 2.45) is 0 Å². The van der Waals surface area contributed by atoms with Gasteiger partial charge in [-0.2, -0.15) is 5.26 Å². The molecule has 1 saturated heterocycles. The SMILES string of the molecule is CCN(c1cc(C#N)ccn1)C1CNC1. The fourth-order valence-corrected chi connectivity index (χ4v) is 1.75. The zero-order chi connectivity index (χ0) is 10.7. The van der Waals surface area contributed by atoms with Crippen molar-refractivity contribution in [3.8, 4) is 6.07 Å². The van der Waals surface area contributed by atoms with Gasteiger partial charge in [0.15, 0.2) is 0 Å². The smallest absolute Gasteiger partial charge is 0.130 e. The van der Waals surface area contributed by atoms with E-state index >= 15 is 0 Å². The molecular weight excluding hydrogens is 188 g/mol. The number of nitrogens with zero attached hydrogens (tertiary/aromatic N) is 3. The predicted molar refractivity (Wildman–Crippen MR) is 58.6 cm³/mol. The average Bonchev–Trinajstić information content (AvgIpc) is 2.23. The molecule has 4 nitrogen and oxygen atoms in total. The Morgan fingerprint density at radius 3 is 3.00 bits per heavy atom. The Bertz CT molecular complexity index is 378. The lowest BCUT2D eigenvalue weighted by molar-refractivity contribution is 0.415. The summed E-state index contributed by atoms with van der Waals surface area (Å²) in [6, 6.07) is 6.24. The van der Waals surface area contributed by atoms with Crippen LogP contribution in [0, 0.1) is 11.3 Å². The molecule has 1 aliphatic rings. The van der Waals surface area contributed by atoms with Gasteiger partial charge in [-0.3, -0.25) is 0 Å². The molecule has 1 N–H and O–H groups in total. The second-order valence-electron chi connectivity index (χ2n) is 3.61. The van der Waals surface area contributed by atoms with E-state index in [1.807, 2.05) is 6.07 Å². The van der Waals surface area contributed by atoms with E-state index in [9.17, 15) is 0 Å². The molecule has 2 rings (SSSR count). The van der Waals surface area contributed by atoms with Crippen LogP contribution in [-0.4, -0.2) is 30.7 Å². The first-order valence-corrected chi connectivity index (χ1v) is 5.18. The predicted octanol–water partition coefficient (Wildman–Crippen LogP) is 0.751. The molecule has 1 aliphatic heterocycles. The third-order valence-electron chi connectivity index (χ3n) is 2.71. The lowest BCUT2D eigenvalue weighted by Gasteiger charge is -2.38. The highest BCUT2D eigenvalue weighted by Crippen LogP contribution is 2.16. The third-order valence-corrected chi connectivity index (χ3v) is 2.71. The van der Waals surface area contributed by atoms with E-state index in [4.69, 9.17) is 5.26 Å². The Balaban J connectivity index is 2.22.